The van der Waals surface area contributed by atoms with E-state index in [2.05, 4.69) is 10.3 Å². The van der Waals surface area contributed by atoms with Crippen molar-refractivity contribution in [2.75, 3.05) is 13.7 Å². The van der Waals surface area contributed by atoms with Crippen LogP contribution >= 0.6 is 0 Å². The lowest BCUT2D eigenvalue weighted by molar-refractivity contribution is -0.139. The van der Waals surface area contributed by atoms with Gasteiger partial charge in [-0.2, -0.15) is 0 Å². The van der Waals surface area contributed by atoms with Gasteiger partial charge in [-0.15, -0.1) is 0 Å². The Labute approximate surface area is 115 Å². The smallest absolute Gasteiger partial charge is 0.326 e. The first-order valence-corrected chi connectivity index (χ1v) is 6.21. The standard InChI is InChI=1S/C14H16N2O4/c1-20-7-5-11(14(18)19)16-13(17)10-3-2-9-4-6-15-12(9)8-10/h2-4,6,8,11,15H,5,7H2,1H3,(H,16,17)(H,18,19). The number of nitrogens with one attached hydrogen (secondary N) is 2. The average Bonchev–Trinajstić information content (AvgIpc) is 2.90. The molecule has 1 aromatic carbocycles. The maximum Gasteiger partial charge on any atom is 0.326 e. The molecule has 1 heterocycles. The summed E-state index contributed by atoms with van der Waals surface area (Å²) in [6.07, 6.45) is 2.01. The van der Waals surface area contributed by atoms with E-state index in [0.717, 1.165) is 10.9 Å². The van der Waals surface area contributed by atoms with E-state index < -0.39 is 17.9 Å². The van der Waals surface area contributed by atoms with Crippen LogP contribution in [-0.4, -0.2) is 41.7 Å². The Morgan fingerprint density at radius 1 is 1.40 bits per heavy atom. The quantitative estimate of drug-likeness (QED) is 0.743. The van der Waals surface area contributed by atoms with Crippen LogP contribution in [0, 0.1) is 0 Å². The number of amides is 1. The van der Waals surface area contributed by atoms with Crippen molar-refractivity contribution in [3.63, 3.8) is 0 Å². The van der Waals surface area contributed by atoms with Crippen molar-refractivity contribution in [3.05, 3.63) is 36.0 Å². The number of aromatic nitrogens is 1. The number of hydrogen-bond donors (Lipinski definition) is 3. The molecule has 6 heteroatoms. The number of carbonyl (C=O) groups is 2. The number of benzene rings is 1. The molecule has 2 rings (SSSR count). The Bertz CT molecular complexity index is 620. The summed E-state index contributed by atoms with van der Waals surface area (Å²) in [7, 11) is 1.49. The molecule has 1 aromatic heterocycles. The molecular formula is C14H16N2O4. The van der Waals surface area contributed by atoms with Crippen LogP contribution in [0.25, 0.3) is 10.9 Å². The average molecular weight is 276 g/mol. The van der Waals surface area contributed by atoms with E-state index in [-0.39, 0.29) is 13.0 Å². The van der Waals surface area contributed by atoms with Gasteiger partial charge >= 0.3 is 5.97 Å². The van der Waals surface area contributed by atoms with Gasteiger partial charge in [0.1, 0.15) is 6.04 Å². The Balaban J connectivity index is 2.10. The number of carbonyl (C=O) groups excluding carboxylic acids is 1. The number of fused-ring (bicyclic) bond motifs is 1. The predicted octanol–water partition coefficient (Wildman–Crippen LogP) is 1.39. The first kappa shape index (κ1) is 14.1. The fraction of sp³-hybridized carbons (Fsp3) is 0.286. The van der Waals surface area contributed by atoms with Gasteiger partial charge in [0.05, 0.1) is 0 Å². The van der Waals surface area contributed by atoms with Gasteiger partial charge in [-0.05, 0) is 23.6 Å². The van der Waals surface area contributed by atoms with Crippen molar-refractivity contribution in [1.82, 2.24) is 10.3 Å². The van der Waals surface area contributed by atoms with E-state index in [1.165, 1.54) is 7.11 Å². The van der Waals surface area contributed by atoms with Gasteiger partial charge in [0, 0.05) is 37.4 Å². The van der Waals surface area contributed by atoms with Gasteiger partial charge in [-0.25, -0.2) is 4.79 Å². The number of rotatable bonds is 6. The summed E-state index contributed by atoms with van der Waals surface area (Å²) in [5.41, 5.74) is 1.25. The fourth-order valence-corrected chi connectivity index (χ4v) is 1.92. The zero-order valence-corrected chi connectivity index (χ0v) is 11.1. The largest absolute Gasteiger partial charge is 0.480 e. The van der Waals surface area contributed by atoms with Crippen LogP contribution in [0.1, 0.15) is 16.8 Å². The topological polar surface area (TPSA) is 91.4 Å². The highest BCUT2D eigenvalue weighted by molar-refractivity contribution is 5.99. The number of carboxylic acids is 1. The molecule has 0 aliphatic carbocycles. The summed E-state index contributed by atoms with van der Waals surface area (Å²) < 4.78 is 4.84. The van der Waals surface area contributed by atoms with E-state index in [1.807, 2.05) is 12.1 Å². The number of aliphatic carboxylic acids is 1. The van der Waals surface area contributed by atoms with E-state index in [1.54, 1.807) is 18.3 Å². The lowest BCUT2D eigenvalue weighted by Crippen LogP contribution is -2.41. The molecule has 1 amide bonds. The lowest BCUT2D eigenvalue weighted by Gasteiger charge is -2.14. The molecule has 1 unspecified atom stereocenters. The van der Waals surface area contributed by atoms with Crippen molar-refractivity contribution in [2.24, 2.45) is 0 Å². The molecule has 0 saturated heterocycles. The predicted molar refractivity (Wildman–Crippen MR) is 73.7 cm³/mol. The van der Waals surface area contributed by atoms with Gasteiger partial charge < -0.3 is 20.1 Å². The van der Waals surface area contributed by atoms with Crippen LogP contribution in [-0.2, 0) is 9.53 Å². The van der Waals surface area contributed by atoms with Crippen LogP contribution in [0.4, 0.5) is 0 Å². The second-order valence-corrected chi connectivity index (χ2v) is 4.43. The van der Waals surface area contributed by atoms with E-state index in [9.17, 15) is 9.59 Å². The molecule has 6 nitrogen and oxygen atoms in total. The highest BCUT2D eigenvalue weighted by Gasteiger charge is 2.20. The van der Waals surface area contributed by atoms with Crippen LogP contribution in [0.2, 0.25) is 0 Å². The van der Waals surface area contributed by atoms with Crippen molar-refractivity contribution in [3.8, 4) is 0 Å². The van der Waals surface area contributed by atoms with Crippen molar-refractivity contribution in [1.29, 1.82) is 0 Å². The number of H-pyrrole nitrogens is 1. The molecule has 0 radical (unpaired) electrons. The molecule has 0 spiro atoms. The molecule has 0 aliphatic heterocycles. The third kappa shape index (κ3) is 3.16. The molecule has 0 saturated carbocycles. The Morgan fingerprint density at radius 2 is 2.20 bits per heavy atom. The van der Waals surface area contributed by atoms with Gasteiger partial charge in [0.15, 0.2) is 0 Å². The number of carboxylic acid groups (broad SMARTS) is 1. The van der Waals surface area contributed by atoms with Crippen molar-refractivity contribution in [2.45, 2.75) is 12.5 Å². The minimum atomic E-state index is -1.07. The van der Waals surface area contributed by atoms with Crippen LogP contribution in [0.5, 0.6) is 0 Å². The SMILES string of the molecule is COCCC(NC(=O)c1ccc2cc[nH]c2c1)C(=O)O. The summed E-state index contributed by atoms with van der Waals surface area (Å²) in [6.45, 7) is 0.271. The lowest BCUT2D eigenvalue weighted by atomic mass is 10.1. The number of hydrogen-bond acceptors (Lipinski definition) is 3. The number of ether oxygens (including phenoxy) is 1. The Kier molecular flexibility index (Phi) is 4.37. The summed E-state index contributed by atoms with van der Waals surface area (Å²) in [5, 5.41) is 12.5. The molecule has 0 bridgehead atoms. The third-order valence-corrected chi connectivity index (χ3v) is 3.03. The summed E-state index contributed by atoms with van der Waals surface area (Å²) in [6, 6.07) is 6.11. The molecule has 20 heavy (non-hydrogen) atoms. The second kappa shape index (κ2) is 6.21. The summed E-state index contributed by atoms with van der Waals surface area (Å²) >= 11 is 0. The zero-order chi connectivity index (χ0) is 14.5. The van der Waals surface area contributed by atoms with Gasteiger partial charge in [-0.3, -0.25) is 4.79 Å². The first-order valence-electron chi connectivity index (χ1n) is 6.21. The molecule has 106 valence electrons. The third-order valence-electron chi connectivity index (χ3n) is 3.03. The van der Waals surface area contributed by atoms with Gasteiger partial charge in [0.2, 0.25) is 0 Å². The minimum Gasteiger partial charge on any atom is -0.480 e. The second-order valence-electron chi connectivity index (χ2n) is 4.43. The molecule has 0 fully saturated rings. The van der Waals surface area contributed by atoms with Crippen LogP contribution < -0.4 is 5.32 Å². The van der Waals surface area contributed by atoms with E-state index in [4.69, 9.17) is 9.84 Å². The number of methoxy groups -OCH3 is 1. The maximum atomic E-state index is 12.1. The first-order chi connectivity index (χ1) is 9.61. The molecule has 3 N–H and O–H groups in total. The maximum absolute atomic E-state index is 12.1. The highest BCUT2D eigenvalue weighted by Crippen LogP contribution is 2.14. The minimum absolute atomic E-state index is 0.225. The summed E-state index contributed by atoms with van der Waals surface area (Å²) in [4.78, 5) is 26.1. The van der Waals surface area contributed by atoms with Crippen LogP contribution in [0.3, 0.4) is 0 Å². The van der Waals surface area contributed by atoms with E-state index in [0.29, 0.717) is 5.56 Å². The molecule has 2 aromatic rings. The Hall–Kier alpha value is -2.34. The highest BCUT2D eigenvalue weighted by atomic mass is 16.5. The number of aromatic amines is 1. The molecule has 0 aliphatic rings. The van der Waals surface area contributed by atoms with Crippen molar-refractivity contribution < 1.29 is 19.4 Å². The zero-order valence-electron chi connectivity index (χ0n) is 11.1. The Morgan fingerprint density at radius 3 is 2.90 bits per heavy atom. The molecular weight excluding hydrogens is 260 g/mol. The van der Waals surface area contributed by atoms with Crippen LogP contribution in [0.15, 0.2) is 30.5 Å². The normalized spacial score (nSPS) is 12.2. The van der Waals surface area contributed by atoms with Crippen molar-refractivity contribution >= 4 is 22.8 Å². The van der Waals surface area contributed by atoms with Gasteiger partial charge in [-0.1, -0.05) is 6.07 Å². The molecule has 1 atom stereocenters. The summed E-state index contributed by atoms with van der Waals surface area (Å²) in [5.74, 6) is -1.48. The fourth-order valence-electron chi connectivity index (χ4n) is 1.92. The van der Waals surface area contributed by atoms with E-state index >= 15 is 0 Å². The monoisotopic (exact) mass is 276 g/mol. The van der Waals surface area contributed by atoms with Gasteiger partial charge in [0.25, 0.3) is 5.91 Å².